The van der Waals surface area contributed by atoms with Crippen molar-refractivity contribution in [3.05, 3.63) is 0 Å². The van der Waals surface area contributed by atoms with Crippen molar-refractivity contribution in [3.8, 4) is 0 Å². The van der Waals surface area contributed by atoms with E-state index in [1.807, 2.05) is 0 Å². The maximum atomic E-state index is 14.2. The first-order valence-corrected chi connectivity index (χ1v) is 49.7. The van der Waals surface area contributed by atoms with Crippen LogP contribution in [0.25, 0.3) is 0 Å². The number of nitrogens with one attached hydrogen (secondary N) is 3. The minimum Gasteiger partial charge on any atom is -0.466 e. The largest absolute Gasteiger partial charge is 0.466 e. The molecule has 0 aromatic heterocycles. The SMILES string of the molecule is CO[C@H]1C[C@H](CO)N(C(=O)CCCCC(=O)CCC(C)(C)SSCCOCCOCCC(=O)CC(CCCOC(=O)CCCCCCCNC(=O)CCCOC2OC(CO)C(O)C(O)C2C)(CCCOC(=O)CCCCCCCNC(=O)CCCOC2OC(CO)C(O)C(O)C2C)CCCOC(=O)NCCCCCCC(=O)CCCOC2OC(CO)C(O)C(O)C2C)C1.[Y]. The number of rotatable bonds is 76. The van der Waals surface area contributed by atoms with Crippen molar-refractivity contribution >= 4 is 74.7 Å². The Morgan fingerprint density at radius 2 is 0.798 bits per heavy atom. The molecular formula is C91H162N4O31S2Y. The van der Waals surface area contributed by atoms with E-state index in [1.54, 1.807) is 54.4 Å². The van der Waals surface area contributed by atoms with Crippen LogP contribution in [0.3, 0.4) is 0 Å². The number of carbonyl (C=O) groups excluding carboxylic acids is 9. The summed E-state index contributed by atoms with van der Waals surface area (Å²) in [6.07, 6.45) is 6.77. The minimum atomic E-state index is -1.23. The Morgan fingerprint density at radius 3 is 1.26 bits per heavy atom. The van der Waals surface area contributed by atoms with E-state index in [0.29, 0.717) is 186 Å². The van der Waals surface area contributed by atoms with Gasteiger partial charge in [0.25, 0.3) is 0 Å². The zero-order chi connectivity index (χ0) is 93.9. The summed E-state index contributed by atoms with van der Waals surface area (Å²) in [5.74, 6) is -1.67. The summed E-state index contributed by atoms with van der Waals surface area (Å²) in [4.78, 5) is 119. The monoisotopic (exact) mass is 1960 g/mol. The predicted molar refractivity (Wildman–Crippen MR) is 478 cm³/mol. The Kier molecular flexibility index (Phi) is 66.1. The molecule has 747 valence electrons. The van der Waals surface area contributed by atoms with Crippen molar-refractivity contribution < 1.29 is 184 Å². The van der Waals surface area contributed by atoms with Crippen molar-refractivity contribution in [2.75, 3.05) is 132 Å². The van der Waals surface area contributed by atoms with Gasteiger partial charge < -0.3 is 129 Å². The van der Waals surface area contributed by atoms with Gasteiger partial charge in [0.15, 0.2) is 18.9 Å². The van der Waals surface area contributed by atoms with Crippen molar-refractivity contribution in [1.82, 2.24) is 20.9 Å². The molecule has 0 saturated carbocycles. The number of aliphatic hydroxyl groups excluding tert-OH is 10. The summed E-state index contributed by atoms with van der Waals surface area (Å²) in [5, 5.41) is 108. The first-order valence-electron chi connectivity index (χ1n) is 47.4. The molecule has 4 aliphatic heterocycles. The Morgan fingerprint density at radius 1 is 0.403 bits per heavy atom. The molecule has 0 aromatic carbocycles. The Hall–Kier alpha value is -3.33. The Bertz CT molecular complexity index is 2960. The second kappa shape index (κ2) is 71.2. The summed E-state index contributed by atoms with van der Waals surface area (Å²) < 4.78 is 68.3. The fourth-order valence-corrected chi connectivity index (χ4v) is 18.5. The van der Waals surface area contributed by atoms with E-state index in [2.05, 4.69) is 29.8 Å². The van der Waals surface area contributed by atoms with Gasteiger partial charge in [-0.25, -0.2) is 4.79 Å². The molecule has 0 aliphatic carbocycles. The van der Waals surface area contributed by atoms with E-state index in [-0.39, 0.29) is 195 Å². The number of amides is 4. The second-order valence-corrected chi connectivity index (χ2v) is 38.6. The molecule has 4 fully saturated rings. The summed E-state index contributed by atoms with van der Waals surface area (Å²) >= 11 is 0. The standard InChI is InChI=1S/C91H162N4O31S2.Y/c1-64-80(108)83(111)72(61-97)124-86(64)120-46-23-31-68(100)29-15-11-14-22-45-94-89(114)123-51-28-41-91(39-26-49-118-78(106)35-16-9-7-12-20-43-92-75(103)32-24-47-121-87-65(2)81(109)84(112)73(62-98)125-87,40-27-50-119-79(107)36-17-10-8-13-21-44-93-76(104)33-25-48-122-88-66(3)82(110)85(113)74(63-99)126-88)58-70(102)38-52-116-53-54-117-55-56-127-128-90(4,5)42-37-69(101)30-18-19-34-77(105)95-59-71(115-6)57-67(95)60-96;/h64-67,71-74,80-88,96-99,108-113H,7-63H2,1-6H3,(H,92,103)(H,93,104)(H,94,114);/t64?,65?,66?,67-,71+,72?,73?,74?,80?,81?,82?,83?,84?,85?,86?,87?,88?,91?;/m1./s1. The van der Waals surface area contributed by atoms with E-state index in [4.69, 9.17) is 56.8 Å². The number of carbonyl (C=O) groups is 9. The molecular weight excluding hydrogens is 1800 g/mol. The van der Waals surface area contributed by atoms with Crippen LogP contribution < -0.4 is 16.0 Å². The molecule has 1 radical (unpaired) electrons. The number of methoxy groups -OCH3 is 1. The zero-order valence-corrected chi connectivity index (χ0v) is 82.5. The van der Waals surface area contributed by atoms with E-state index in [9.17, 15) is 94.2 Å². The Labute approximate surface area is 798 Å². The minimum absolute atomic E-state index is 0. The molecule has 35 nitrogen and oxygen atoms in total. The number of nitrogens with zero attached hydrogens (tertiary/aromatic N) is 1. The van der Waals surface area contributed by atoms with Crippen LogP contribution in [-0.4, -0.2) is 331 Å². The first-order chi connectivity index (χ1) is 61.5. The van der Waals surface area contributed by atoms with Gasteiger partial charge >= 0.3 is 18.0 Å². The zero-order valence-electron chi connectivity index (χ0n) is 78.0. The summed E-state index contributed by atoms with van der Waals surface area (Å²) in [6.45, 7) is 11.5. The first kappa shape index (κ1) is 120. The maximum absolute atomic E-state index is 14.2. The number of esters is 2. The molecule has 13 N–H and O–H groups in total. The van der Waals surface area contributed by atoms with Gasteiger partial charge in [-0.15, -0.1) is 0 Å². The van der Waals surface area contributed by atoms with Crippen LogP contribution in [0.4, 0.5) is 4.79 Å². The van der Waals surface area contributed by atoms with Crippen molar-refractivity contribution in [2.45, 2.75) is 369 Å². The average molecular weight is 1960 g/mol. The number of likely N-dealkylation sites (tertiary alicyclic amines) is 1. The molecule has 4 heterocycles. The van der Waals surface area contributed by atoms with Gasteiger partial charge in [-0.3, -0.25) is 38.4 Å². The molecule has 4 aliphatic rings. The summed E-state index contributed by atoms with van der Waals surface area (Å²) in [7, 11) is 4.98. The van der Waals surface area contributed by atoms with E-state index >= 15 is 0 Å². The molecule has 0 bridgehead atoms. The van der Waals surface area contributed by atoms with Crippen molar-refractivity contribution in [3.63, 3.8) is 0 Å². The molecule has 15 unspecified atom stereocenters. The second-order valence-electron chi connectivity index (χ2n) is 35.4. The van der Waals surface area contributed by atoms with Crippen LogP contribution in [0.1, 0.15) is 279 Å². The van der Waals surface area contributed by atoms with Gasteiger partial charge in [0, 0.05) is 165 Å². The van der Waals surface area contributed by atoms with Crippen LogP contribution in [0.15, 0.2) is 0 Å². The molecule has 129 heavy (non-hydrogen) atoms. The number of alkyl carbamates (subject to hydrolysis) is 1. The van der Waals surface area contributed by atoms with Crippen LogP contribution >= 0.6 is 21.6 Å². The molecule has 17 atom stereocenters. The summed E-state index contributed by atoms with van der Waals surface area (Å²) in [6, 6.07) is -0.233. The van der Waals surface area contributed by atoms with Gasteiger partial charge in [0.05, 0.1) is 123 Å². The van der Waals surface area contributed by atoms with Crippen LogP contribution in [-0.2, 0) is 128 Å². The van der Waals surface area contributed by atoms with Crippen molar-refractivity contribution in [2.24, 2.45) is 23.2 Å². The van der Waals surface area contributed by atoms with Crippen LogP contribution in [0.2, 0.25) is 0 Å². The quantitative estimate of drug-likeness (QED) is 0.0123. The third-order valence-electron chi connectivity index (χ3n) is 24.2. The predicted octanol–water partition coefficient (Wildman–Crippen LogP) is 7.23. The molecule has 38 heteroatoms. The number of hydrogen-bond acceptors (Lipinski definition) is 33. The fraction of sp³-hybridized carbons (Fsp3) is 0.901. The smallest absolute Gasteiger partial charge is 0.407 e. The van der Waals surface area contributed by atoms with E-state index in [0.717, 1.165) is 64.2 Å². The molecule has 0 aromatic rings. The number of ether oxygens (including phenoxy) is 12. The van der Waals surface area contributed by atoms with Crippen LogP contribution in [0.5, 0.6) is 0 Å². The van der Waals surface area contributed by atoms with E-state index in [1.165, 1.54) is 0 Å². The van der Waals surface area contributed by atoms with Crippen molar-refractivity contribution in [1.29, 1.82) is 0 Å². The maximum Gasteiger partial charge on any atom is 0.407 e. The van der Waals surface area contributed by atoms with Gasteiger partial charge in [0.2, 0.25) is 17.7 Å². The fourth-order valence-electron chi connectivity index (χ4n) is 16.1. The van der Waals surface area contributed by atoms with Gasteiger partial charge in [-0.2, -0.15) is 0 Å². The molecule has 4 rings (SSSR count). The topological polar surface area (TPSA) is 506 Å². The third kappa shape index (κ3) is 51.1. The normalized spacial score (nSPS) is 24.6. The molecule has 4 saturated heterocycles. The summed E-state index contributed by atoms with van der Waals surface area (Å²) in [5.41, 5.74) is -0.687. The number of Topliss-reactive ketones (excluding diaryl/α,β-unsaturated/α-hetero) is 3. The van der Waals surface area contributed by atoms with E-state index < -0.39 is 123 Å². The number of ketones is 3. The number of hydrogen-bond donors (Lipinski definition) is 13. The molecule has 0 spiro atoms. The van der Waals surface area contributed by atoms with Gasteiger partial charge in [-0.1, -0.05) is 93.7 Å². The van der Waals surface area contributed by atoms with Gasteiger partial charge in [0.1, 0.15) is 54.0 Å². The number of aliphatic hydroxyl groups is 10. The Balaban J connectivity index is 0.0000429. The van der Waals surface area contributed by atoms with Crippen LogP contribution in [0, 0.1) is 23.2 Å². The average Bonchev–Trinajstić information content (AvgIpc) is 1.66. The number of unbranched alkanes of at least 4 members (excludes halogenated alkanes) is 12. The molecule has 4 amide bonds. The van der Waals surface area contributed by atoms with Gasteiger partial charge in [-0.05, 0) is 141 Å². The third-order valence-corrected chi connectivity index (χ3v) is 27.6.